The molecule has 1 fully saturated rings. The third kappa shape index (κ3) is 5.42. The lowest BCUT2D eigenvalue weighted by atomic mass is 9.99. The molecular weight excluding hydrogens is 533 g/mol. The Balaban J connectivity index is 1.27. The number of hydrogen-bond acceptors (Lipinski definition) is 8. The van der Waals surface area contributed by atoms with E-state index in [1.165, 1.54) is 38.5 Å². The monoisotopic (exact) mass is 564 g/mol. The topological polar surface area (TPSA) is 92.1 Å². The van der Waals surface area contributed by atoms with Gasteiger partial charge in [0, 0.05) is 30.5 Å². The maximum Gasteiger partial charge on any atom is 0.442 e. The van der Waals surface area contributed by atoms with E-state index in [9.17, 15) is 18.0 Å². The van der Waals surface area contributed by atoms with Crippen LogP contribution in [-0.2, 0) is 23.2 Å². The van der Waals surface area contributed by atoms with Crippen molar-refractivity contribution in [2.45, 2.75) is 50.4 Å². The zero-order chi connectivity index (χ0) is 28.6. The molecule has 11 heteroatoms. The molecule has 6 rings (SSSR count). The minimum absolute atomic E-state index is 0.0116. The molecular formula is C30H31F3N6O2. The molecule has 1 aliphatic carbocycles. The highest BCUT2D eigenvalue weighted by Crippen LogP contribution is 2.52. The second-order valence-electron chi connectivity index (χ2n) is 10.8. The Hall–Kier alpha value is -3.86. The normalized spacial score (nSPS) is 17.2. The molecule has 0 saturated carbocycles. The van der Waals surface area contributed by atoms with Crippen molar-refractivity contribution in [3.05, 3.63) is 76.2 Å². The number of esters is 1. The molecule has 214 valence electrons. The smallest absolute Gasteiger partial charge is 0.442 e. The number of benzene rings is 2. The number of aromatic nitrogens is 2. The first-order valence-corrected chi connectivity index (χ1v) is 14.0. The SMILES string of the molecule is COC(=O)c1ccc2c(c1)Cc1nc(Cc3cccc(C4(C(F)(F)F)N=N4)c3)nc(NCCCN3CCCCC3)c1-2. The van der Waals surface area contributed by atoms with Gasteiger partial charge in [-0.15, -0.1) is 10.2 Å². The Labute approximate surface area is 236 Å². The number of methoxy groups -OCH3 is 1. The lowest BCUT2D eigenvalue weighted by Gasteiger charge is -2.26. The van der Waals surface area contributed by atoms with Crippen LogP contribution in [0.4, 0.5) is 19.0 Å². The summed E-state index contributed by atoms with van der Waals surface area (Å²) in [6.45, 7) is 4.01. The molecule has 0 spiro atoms. The summed E-state index contributed by atoms with van der Waals surface area (Å²) >= 11 is 0. The van der Waals surface area contributed by atoms with Crippen LogP contribution in [0.2, 0.25) is 0 Å². The first-order chi connectivity index (χ1) is 19.8. The van der Waals surface area contributed by atoms with Gasteiger partial charge in [-0.25, -0.2) is 14.8 Å². The van der Waals surface area contributed by atoms with Gasteiger partial charge in [0.15, 0.2) is 0 Å². The molecule has 0 amide bonds. The molecule has 1 saturated heterocycles. The standard InChI is InChI=1S/C30H31F3N6O2/c1-41-28(40)20-9-10-23-21(17-20)18-24-26(23)27(34-11-6-14-39-12-3-2-4-13-39)36-25(35-24)16-19-7-5-8-22(15-19)29(37-38-29)30(31,32)33/h5,7-10,15,17H,2-4,6,11-14,16,18H2,1H3,(H,34,35,36). The number of hydrogen-bond donors (Lipinski definition) is 1. The van der Waals surface area contributed by atoms with E-state index in [-0.39, 0.29) is 12.0 Å². The summed E-state index contributed by atoms with van der Waals surface area (Å²) in [4.78, 5) is 24.3. The van der Waals surface area contributed by atoms with Crippen molar-refractivity contribution in [2.24, 2.45) is 10.2 Å². The van der Waals surface area contributed by atoms with Crippen molar-refractivity contribution in [1.82, 2.24) is 14.9 Å². The third-order valence-corrected chi connectivity index (χ3v) is 7.96. The summed E-state index contributed by atoms with van der Waals surface area (Å²) < 4.78 is 45.7. The quantitative estimate of drug-likeness (QED) is 0.201. The van der Waals surface area contributed by atoms with Crippen LogP contribution in [0.25, 0.3) is 11.1 Å². The Kier molecular flexibility index (Phi) is 7.23. The van der Waals surface area contributed by atoms with Crippen LogP contribution in [0.1, 0.15) is 64.2 Å². The highest BCUT2D eigenvalue weighted by Gasteiger charge is 2.65. The van der Waals surface area contributed by atoms with Crippen LogP contribution in [0.5, 0.6) is 0 Å². The second kappa shape index (κ2) is 10.8. The maximum absolute atomic E-state index is 13.6. The van der Waals surface area contributed by atoms with Crippen LogP contribution >= 0.6 is 0 Å². The third-order valence-electron chi connectivity index (χ3n) is 7.96. The van der Waals surface area contributed by atoms with Crippen LogP contribution in [-0.4, -0.2) is 60.3 Å². The second-order valence-corrected chi connectivity index (χ2v) is 10.8. The first-order valence-electron chi connectivity index (χ1n) is 14.0. The number of carbonyl (C=O) groups is 1. The predicted octanol–water partition coefficient (Wildman–Crippen LogP) is 5.89. The molecule has 3 aliphatic rings. The lowest BCUT2D eigenvalue weighted by Crippen LogP contribution is -2.31. The van der Waals surface area contributed by atoms with Crippen molar-refractivity contribution >= 4 is 11.8 Å². The average Bonchev–Trinajstić information content (AvgIpc) is 3.72. The van der Waals surface area contributed by atoms with E-state index in [4.69, 9.17) is 14.7 Å². The van der Waals surface area contributed by atoms with Gasteiger partial charge in [-0.1, -0.05) is 36.8 Å². The average molecular weight is 565 g/mol. The lowest BCUT2D eigenvalue weighted by molar-refractivity contribution is -0.166. The highest BCUT2D eigenvalue weighted by atomic mass is 19.4. The minimum Gasteiger partial charge on any atom is -0.465 e. The molecule has 41 heavy (non-hydrogen) atoms. The number of piperidine rings is 1. The van der Waals surface area contributed by atoms with Crippen LogP contribution < -0.4 is 5.32 Å². The largest absolute Gasteiger partial charge is 0.465 e. The fourth-order valence-corrected chi connectivity index (χ4v) is 5.80. The molecule has 2 aromatic carbocycles. The number of halogens is 3. The van der Waals surface area contributed by atoms with Gasteiger partial charge < -0.3 is 15.0 Å². The van der Waals surface area contributed by atoms with Crippen molar-refractivity contribution in [3.8, 4) is 11.1 Å². The summed E-state index contributed by atoms with van der Waals surface area (Å²) in [5, 5.41) is 10.2. The Morgan fingerprint density at radius 3 is 2.61 bits per heavy atom. The van der Waals surface area contributed by atoms with E-state index in [2.05, 4.69) is 20.4 Å². The van der Waals surface area contributed by atoms with E-state index in [0.717, 1.165) is 55.0 Å². The highest BCUT2D eigenvalue weighted by molar-refractivity contribution is 5.92. The van der Waals surface area contributed by atoms with Gasteiger partial charge in [-0.3, -0.25) is 0 Å². The first kappa shape index (κ1) is 27.3. The molecule has 3 heterocycles. The van der Waals surface area contributed by atoms with Crippen LogP contribution in [0, 0.1) is 0 Å². The molecule has 0 bridgehead atoms. The number of rotatable bonds is 9. The maximum atomic E-state index is 13.6. The predicted molar refractivity (Wildman–Crippen MR) is 147 cm³/mol. The number of likely N-dealkylation sites (tertiary alicyclic amines) is 1. The van der Waals surface area contributed by atoms with Gasteiger partial charge in [-0.05, 0) is 67.7 Å². The van der Waals surface area contributed by atoms with Gasteiger partial charge in [0.1, 0.15) is 11.6 Å². The summed E-state index contributed by atoms with van der Waals surface area (Å²) in [6.07, 6.45) is 0.920. The zero-order valence-corrected chi connectivity index (χ0v) is 22.8. The molecule has 0 unspecified atom stereocenters. The Bertz CT molecular complexity index is 1490. The number of anilines is 1. The fraction of sp³-hybridized carbons (Fsp3) is 0.433. The molecule has 0 atom stereocenters. The van der Waals surface area contributed by atoms with Gasteiger partial charge in [0.25, 0.3) is 0 Å². The number of ether oxygens (including phenoxy) is 1. The summed E-state index contributed by atoms with van der Waals surface area (Å²) in [5.74, 6) is 0.798. The number of carbonyl (C=O) groups excluding carboxylic acids is 1. The molecule has 2 aliphatic heterocycles. The molecule has 1 aromatic heterocycles. The molecule has 1 N–H and O–H groups in total. The van der Waals surface area contributed by atoms with Crippen LogP contribution in [0.3, 0.4) is 0 Å². The Morgan fingerprint density at radius 2 is 1.88 bits per heavy atom. The number of fused-ring (bicyclic) bond motifs is 3. The van der Waals surface area contributed by atoms with Gasteiger partial charge in [0.05, 0.1) is 18.4 Å². The van der Waals surface area contributed by atoms with E-state index >= 15 is 0 Å². The number of nitrogens with one attached hydrogen (secondary N) is 1. The van der Waals surface area contributed by atoms with E-state index < -0.39 is 17.8 Å². The van der Waals surface area contributed by atoms with Gasteiger partial charge in [0.2, 0.25) is 0 Å². The van der Waals surface area contributed by atoms with Crippen molar-refractivity contribution < 1.29 is 22.7 Å². The fourth-order valence-electron chi connectivity index (χ4n) is 5.80. The number of alkyl halides is 3. The minimum atomic E-state index is -4.59. The van der Waals surface area contributed by atoms with Crippen LogP contribution in [0.15, 0.2) is 52.7 Å². The summed E-state index contributed by atoms with van der Waals surface area (Å²) in [7, 11) is 1.35. The van der Waals surface area contributed by atoms with Crippen molar-refractivity contribution in [3.63, 3.8) is 0 Å². The molecule has 3 aromatic rings. The molecule has 0 radical (unpaired) electrons. The van der Waals surface area contributed by atoms with E-state index in [1.807, 2.05) is 12.1 Å². The zero-order valence-electron chi connectivity index (χ0n) is 22.8. The van der Waals surface area contributed by atoms with E-state index in [1.54, 1.807) is 18.2 Å². The number of nitrogens with zero attached hydrogens (tertiary/aromatic N) is 5. The van der Waals surface area contributed by atoms with Crippen molar-refractivity contribution in [2.75, 3.05) is 38.6 Å². The summed E-state index contributed by atoms with van der Waals surface area (Å²) in [6, 6.07) is 11.7. The van der Waals surface area contributed by atoms with Gasteiger partial charge in [-0.2, -0.15) is 13.2 Å². The van der Waals surface area contributed by atoms with Crippen molar-refractivity contribution in [1.29, 1.82) is 0 Å². The van der Waals surface area contributed by atoms with Gasteiger partial charge >= 0.3 is 17.8 Å². The van der Waals surface area contributed by atoms with E-state index in [0.29, 0.717) is 29.2 Å². The summed E-state index contributed by atoms with van der Waals surface area (Å²) in [5.41, 5.74) is 2.27. The molecule has 8 nitrogen and oxygen atoms in total. The Morgan fingerprint density at radius 1 is 1.07 bits per heavy atom.